The first kappa shape index (κ1) is 14.9. The van der Waals surface area contributed by atoms with Crippen LogP contribution >= 0.6 is 0 Å². The summed E-state index contributed by atoms with van der Waals surface area (Å²) in [5.41, 5.74) is 3.03. The van der Waals surface area contributed by atoms with E-state index >= 15 is 0 Å². The lowest BCUT2D eigenvalue weighted by Crippen LogP contribution is -2.57. The minimum Gasteiger partial charge on any atom is -0.393 e. The highest BCUT2D eigenvalue weighted by Gasteiger charge is 2.72. The van der Waals surface area contributed by atoms with E-state index in [1.807, 2.05) is 0 Å². The Bertz CT molecular complexity index is 587. The molecule has 1 spiro atoms. The van der Waals surface area contributed by atoms with Crippen LogP contribution in [-0.4, -0.2) is 17.0 Å². The van der Waals surface area contributed by atoms with Crippen molar-refractivity contribution in [2.75, 3.05) is 0 Å². The molecule has 0 radical (unpaired) electrons. The Morgan fingerprint density at radius 1 is 1.18 bits per heavy atom. The Balaban J connectivity index is 1.91. The van der Waals surface area contributed by atoms with Gasteiger partial charge in [0.05, 0.1) is 6.10 Å². The van der Waals surface area contributed by atoms with Crippen molar-refractivity contribution in [1.82, 2.24) is 0 Å². The fourth-order valence-corrected chi connectivity index (χ4v) is 7.57. The van der Waals surface area contributed by atoms with E-state index in [0.29, 0.717) is 23.5 Å². The third-order valence-electron chi connectivity index (χ3n) is 8.77. The zero-order chi connectivity index (χ0) is 16.1. The molecule has 2 nitrogen and oxygen atoms in total. The highest BCUT2D eigenvalue weighted by molar-refractivity contribution is 6.05. The molecule has 3 fully saturated rings. The fourth-order valence-electron chi connectivity index (χ4n) is 7.57. The van der Waals surface area contributed by atoms with Crippen molar-refractivity contribution in [3.05, 3.63) is 11.1 Å². The quantitative estimate of drug-likeness (QED) is 0.730. The molecule has 6 atom stereocenters. The molecule has 0 aromatic carbocycles. The molecule has 0 amide bonds. The summed E-state index contributed by atoms with van der Waals surface area (Å²) >= 11 is 0. The number of hydrogen-bond acceptors (Lipinski definition) is 2. The number of fused-ring (bicyclic) bond motifs is 3. The van der Waals surface area contributed by atoms with Crippen molar-refractivity contribution in [3.63, 3.8) is 0 Å². The van der Waals surface area contributed by atoms with Gasteiger partial charge in [-0.25, -0.2) is 0 Å². The molecule has 0 aliphatic heterocycles. The molecule has 122 valence electrons. The number of aliphatic hydroxyl groups excluding tert-OH is 1. The van der Waals surface area contributed by atoms with Gasteiger partial charge in [0.25, 0.3) is 0 Å². The van der Waals surface area contributed by atoms with Gasteiger partial charge in [-0.3, -0.25) is 4.79 Å². The maximum atomic E-state index is 12.3. The Hall–Kier alpha value is -0.630. The minimum absolute atomic E-state index is 0.0714. The summed E-state index contributed by atoms with van der Waals surface area (Å²) in [5, 5.41) is 10.7. The van der Waals surface area contributed by atoms with Gasteiger partial charge >= 0.3 is 0 Å². The number of aliphatic hydroxyl groups is 1. The summed E-state index contributed by atoms with van der Waals surface area (Å²) in [6, 6.07) is 0. The number of rotatable bonds is 0. The van der Waals surface area contributed by atoms with Gasteiger partial charge in [-0.05, 0) is 61.2 Å². The molecule has 0 heterocycles. The zero-order valence-electron chi connectivity index (χ0n) is 14.7. The van der Waals surface area contributed by atoms with Crippen LogP contribution in [0.3, 0.4) is 0 Å². The number of carbonyl (C=O) groups excluding carboxylic acids is 1. The van der Waals surface area contributed by atoms with E-state index in [2.05, 4.69) is 34.6 Å². The molecule has 3 saturated carbocycles. The van der Waals surface area contributed by atoms with Crippen LogP contribution in [0.5, 0.6) is 0 Å². The highest BCUT2D eigenvalue weighted by Crippen LogP contribution is 2.76. The molecular formula is C20H30O2. The van der Waals surface area contributed by atoms with Gasteiger partial charge in [0.15, 0.2) is 5.78 Å². The molecule has 2 bridgehead atoms. The molecule has 0 unspecified atom stereocenters. The van der Waals surface area contributed by atoms with Crippen LogP contribution in [0, 0.1) is 34.0 Å². The van der Waals surface area contributed by atoms with Crippen molar-refractivity contribution in [1.29, 1.82) is 0 Å². The van der Waals surface area contributed by atoms with Crippen LogP contribution in [0.4, 0.5) is 0 Å². The van der Waals surface area contributed by atoms with E-state index in [-0.39, 0.29) is 22.3 Å². The Morgan fingerprint density at radius 3 is 2.50 bits per heavy atom. The molecule has 22 heavy (non-hydrogen) atoms. The number of carbonyl (C=O) groups is 1. The lowest BCUT2D eigenvalue weighted by atomic mass is 9.45. The van der Waals surface area contributed by atoms with Crippen LogP contribution in [0.25, 0.3) is 0 Å². The largest absolute Gasteiger partial charge is 0.393 e. The second-order valence-electron chi connectivity index (χ2n) is 9.51. The van der Waals surface area contributed by atoms with E-state index in [4.69, 9.17) is 0 Å². The first-order valence-corrected chi connectivity index (χ1v) is 9.07. The summed E-state index contributed by atoms with van der Waals surface area (Å²) in [4.78, 5) is 12.3. The van der Waals surface area contributed by atoms with E-state index < -0.39 is 0 Å². The molecular weight excluding hydrogens is 272 g/mol. The van der Waals surface area contributed by atoms with Crippen molar-refractivity contribution >= 4 is 5.78 Å². The smallest absolute Gasteiger partial charge is 0.160 e. The summed E-state index contributed by atoms with van der Waals surface area (Å²) < 4.78 is 0. The van der Waals surface area contributed by atoms with E-state index in [9.17, 15) is 9.90 Å². The molecule has 0 aromatic heterocycles. The topological polar surface area (TPSA) is 37.3 Å². The SMILES string of the molecule is CC1=C2C(=O)C[C@@]2(C)[C@@H]2C[C@@H]3C[C@@H](O)[C@@H](C)[C@@]2(CC1)C3(C)C. The van der Waals surface area contributed by atoms with E-state index in [0.717, 1.165) is 25.7 Å². The first-order valence-electron chi connectivity index (χ1n) is 9.07. The van der Waals surface area contributed by atoms with Gasteiger partial charge in [0.1, 0.15) is 0 Å². The standard InChI is InChI=1S/C20H30O2/c1-11-6-7-20-12(2)14(21)8-13(18(20,3)4)9-16(20)19(5)10-15(22)17(11)19/h12-14,16,21H,6-10H2,1-5H3/t12-,13+,14-,16+,19+,20-/m1/s1. The molecule has 1 N–H and O–H groups in total. The Kier molecular flexibility index (Phi) is 2.76. The average Bonchev–Trinajstić information content (AvgIpc) is 2.50. The highest BCUT2D eigenvalue weighted by atomic mass is 16.3. The van der Waals surface area contributed by atoms with E-state index in [1.54, 1.807) is 0 Å². The Labute approximate surface area is 134 Å². The van der Waals surface area contributed by atoms with Gasteiger partial charge < -0.3 is 5.11 Å². The van der Waals surface area contributed by atoms with Crippen molar-refractivity contribution < 1.29 is 9.90 Å². The molecule has 4 rings (SSSR count). The second-order valence-corrected chi connectivity index (χ2v) is 9.51. The second kappa shape index (κ2) is 4.06. The molecule has 4 aliphatic carbocycles. The maximum Gasteiger partial charge on any atom is 0.160 e. The number of allylic oxidation sites excluding steroid dienone is 2. The molecule has 0 saturated heterocycles. The van der Waals surface area contributed by atoms with Crippen LogP contribution < -0.4 is 0 Å². The van der Waals surface area contributed by atoms with Crippen molar-refractivity contribution in [2.45, 2.75) is 72.8 Å². The van der Waals surface area contributed by atoms with Crippen LogP contribution in [-0.2, 0) is 4.79 Å². The molecule has 2 heteroatoms. The van der Waals surface area contributed by atoms with E-state index in [1.165, 1.54) is 17.6 Å². The summed E-state index contributed by atoms with van der Waals surface area (Å²) in [6.45, 7) is 11.7. The lowest BCUT2D eigenvalue weighted by Gasteiger charge is -2.59. The van der Waals surface area contributed by atoms with Gasteiger partial charge in [-0.1, -0.05) is 33.3 Å². The normalized spacial score (nSPS) is 52.7. The third-order valence-corrected chi connectivity index (χ3v) is 8.77. The van der Waals surface area contributed by atoms with Crippen LogP contribution in [0.15, 0.2) is 11.1 Å². The fraction of sp³-hybridized carbons (Fsp3) is 0.850. The third kappa shape index (κ3) is 1.36. The molecule has 4 aliphatic rings. The van der Waals surface area contributed by atoms with Crippen LogP contribution in [0.1, 0.15) is 66.7 Å². The Morgan fingerprint density at radius 2 is 1.86 bits per heavy atom. The zero-order valence-corrected chi connectivity index (χ0v) is 14.7. The monoisotopic (exact) mass is 302 g/mol. The van der Waals surface area contributed by atoms with Gasteiger partial charge in [0, 0.05) is 17.4 Å². The number of ketones is 1. The summed E-state index contributed by atoms with van der Waals surface area (Å²) in [6.07, 6.45) is 4.92. The predicted octanol–water partition coefficient (Wildman–Crippen LogP) is 4.13. The summed E-state index contributed by atoms with van der Waals surface area (Å²) in [7, 11) is 0. The van der Waals surface area contributed by atoms with Gasteiger partial charge in [0.2, 0.25) is 0 Å². The predicted molar refractivity (Wildman–Crippen MR) is 87.3 cm³/mol. The number of hydrogen-bond donors (Lipinski definition) is 1. The minimum atomic E-state index is -0.163. The van der Waals surface area contributed by atoms with Gasteiger partial charge in [-0.2, -0.15) is 0 Å². The van der Waals surface area contributed by atoms with Gasteiger partial charge in [-0.15, -0.1) is 0 Å². The average molecular weight is 302 g/mol. The summed E-state index contributed by atoms with van der Waals surface area (Å²) in [5.74, 6) is 1.91. The van der Waals surface area contributed by atoms with Crippen LogP contribution in [0.2, 0.25) is 0 Å². The van der Waals surface area contributed by atoms with Crippen molar-refractivity contribution in [3.8, 4) is 0 Å². The maximum absolute atomic E-state index is 12.3. The lowest BCUT2D eigenvalue weighted by molar-refractivity contribution is -0.145. The molecule has 0 aromatic rings. The first-order chi connectivity index (χ1) is 10.2. The number of Topliss-reactive ketones (excluding diaryl/α,β-unsaturated/α-hetero) is 1. The van der Waals surface area contributed by atoms with Crippen molar-refractivity contribution in [2.24, 2.45) is 34.0 Å².